The van der Waals surface area contributed by atoms with Gasteiger partial charge in [0, 0.05) is 6.61 Å². The van der Waals surface area contributed by atoms with Gasteiger partial charge < -0.3 is 10.1 Å². The van der Waals surface area contributed by atoms with Crippen LogP contribution in [0.15, 0.2) is 18.3 Å². The fraction of sp³-hybridized carbons (Fsp3) is 0.706. The number of nitrogens with one attached hydrogen (secondary N) is 1. The van der Waals surface area contributed by atoms with Crippen LogP contribution < -0.4 is 5.32 Å². The van der Waals surface area contributed by atoms with Crippen LogP contribution in [0.2, 0.25) is 0 Å². The molecule has 116 valence electrons. The van der Waals surface area contributed by atoms with Crippen molar-refractivity contribution < 1.29 is 9.13 Å². The third kappa shape index (κ3) is 3.27. The first-order chi connectivity index (χ1) is 10.2. The van der Waals surface area contributed by atoms with E-state index in [0.29, 0.717) is 5.92 Å². The Balaban J connectivity index is 1.76. The fourth-order valence-electron chi connectivity index (χ4n) is 3.65. The number of aromatic nitrogens is 1. The van der Waals surface area contributed by atoms with Crippen molar-refractivity contribution in [3.8, 4) is 0 Å². The Kier molecular flexibility index (Phi) is 4.55. The summed E-state index contributed by atoms with van der Waals surface area (Å²) in [6, 6.07) is 3.55. The molecule has 1 saturated carbocycles. The zero-order chi connectivity index (χ0) is 14.7. The van der Waals surface area contributed by atoms with E-state index in [4.69, 9.17) is 4.74 Å². The number of hydrogen-bond acceptors (Lipinski definition) is 3. The number of nitrogens with zero attached hydrogens (tertiary/aromatic N) is 1. The minimum Gasteiger partial charge on any atom is -0.375 e. The average Bonchev–Trinajstić information content (AvgIpc) is 2.48. The molecule has 3 nitrogen and oxygen atoms in total. The van der Waals surface area contributed by atoms with Crippen LogP contribution in [-0.2, 0) is 4.74 Å². The van der Waals surface area contributed by atoms with Crippen LogP contribution in [-0.4, -0.2) is 23.7 Å². The minimum absolute atomic E-state index is 0.134. The number of hydrogen-bond donors (Lipinski definition) is 1. The normalized spacial score (nSPS) is 25.5. The highest BCUT2D eigenvalue weighted by atomic mass is 19.1. The molecule has 1 aromatic rings. The van der Waals surface area contributed by atoms with E-state index in [1.54, 1.807) is 0 Å². The summed E-state index contributed by atoms with van der Waals surface area (Å²) < 4.78 is 19.2. The first-order valence-corrected chi connectivity index (χ1v) is 8.21. The number of pyridine rings is 1. The Bertz CT molecular complexity index is 458. The van der Waals surface area contributed by atoms with Crippen LogP contribution in [0.5, 0.6) is 0 Å². The monoisotopic (exact) mass is 292 g/mol. The van der Waals surface area contributed by atoms with E-state index in [1.807, 2.05) is 6.07 Å². The second kappa shape index (κ2) is 6.41. The molecule has 1 aromatic heterocycles. The van der Waals surface area contributed by atoms with Gasteiger partial charge in [-0.1, -0.05) is 6.92 Å². The van der Waals surface area contributed by atoms with Crippen molar-refractivity contribution in [1.29, 1.82) is 0 Å². The van der Waals surface area contributed by atoms with E-state index in [9.17, 15) is 4.39 Å². The topological polar surface area (TPSA) is 34.2 Å². The summed E-state index contributed by atoms with van der Waals surface area (Å²) in [5.74, 6) is 0.263. The Morgan fingerprint density at radius 1 is 1.48 bits per heavy atom. The number of rotatable bonds is 5. The molecule has 0 bridgehead atoms. The largest absolute Gasteiger partial charge is 0.375 e. The highest BCUT2D eigenvalue weighted by Gasteiger charge is 2.44. The van der Waals surface area contributed by atoms with Gasteiger partial charge in [0.15, 0.2) is 0 Å². The van der Waals surface area contributed by atoms with Gasteiger partial charge in [0.05, 0.1) is 23.5 Å². The Morgan fingerprint density at radius 2 is 2.33 bits per heavy atom. The summed E-state index contributed by atoms with van der Waals surface area (Å²) in [6.45, 7) is 3.98. The predicted molar refractivity (Wildman–Crippen MR) is 80.5 cm³/mol. The second-order valence-corrected chi connectivity index (χ2v) is 6.47. The number of ether oxygens (including phenoxy) is 1. The van der Waals surface area contributed by atoms with E-state index in [1.165, 1.54) is 31.5 Å². The van der Waals surface area contributed by atoms with Gasteiger partial charge in [0.2, 0.25) is 0 Å². The van der Waals surface area contributed by atoms with E-state index < -0.39 is 0 Å². The molecule has 1 aliphatic heterocycles. The third-order valence-corrected chi connectivity index (χ3v) is 4.95. The highest BCUT2D eigenvalue weighted by molar-refractivity contribution is 5.12. The molecule has 21 heavy (non-hydrogen) atoms. The van der Waals surface area contributed by atoms with Crippen molar-refractivity contribution in [2.75, 3.05) is 13.2 Å². The Hall–Kier alpha value is -1.00. The smallest absolute Gasteiger partial charge is 0.141 e. The van der Waals surface area contributed by atoms with Crippen LogP contribution in [0.1, 0.15) is 57.2 Å². The second-order valence-electron chi connectivity index (χ2n) is 6.47. The third-order valence-electron chi connectivity index (χ3n) is 4.95. The van der Waals surface area contributed by atoms with Crippen LogP contribution >= 0.6 is 0 Å². The molecular formula is C17H25FN2O. The molecule has 4 heteroatoms. The molecule has 2 aliphatic rings. The molecule has 2 unspecified atom stereocenters. The lowest BCUT2D eigenvalue weighted by atomic mass is 9.70. The molecule has 2 fully saturated rings. The molecule has 0 aromatic carbocycles. The molecule has 1 aliphatic carbocycles. The standard InChI is InChI=1S/C17H25FN2O/c1-2-9-19-16(15-5-4-14(18)12-20-15)13-6-10-21-17(11-13)7-3-8-17/h4-5,12-13,16,19H,2-3,6-11H2,1H3. The first-order valence-electron chi connectivity index (χ1n) is 8.21. The summed E-state index contributed by atoms with van der Waals surface area (Å²) in [7, 11) is 0. The Morgan fingerprint density at radius 3 is 2.95 bits per heavy atom. The van der Waals surface area contributed by atoms with E-state index in [-0.39, 0.29) is 17.5 Å². The predicted octanol–water partition coefficient (Wildman–Crippen LogP) is 3.61. The van der Waals surface area contributed by atoms with Gasteiger partial charge in [-0.3, -0.25) is 4.98 Å². The van der Waals surface area contributed by atoms with Crippen molar-refractivity contribution in [2.24, 2.45) is 5.92 Å². The van der Waals surface area contributed by atoms with Gasteiger partial charge in [-0.05, 0) is 63.1 Å². The summed E-state index contributed by atoms with van der Waals surface area (Å²) in [6.07, 6.45) is 8.26. The van der Waals surface area contributed by atoms with Gasteiger partial charge >= 0.3 is 0 Å². The molecular weight excluding hydrogens is 267 g/mol. The molecule has 0 radical (unpaired) electrons. The molecule has 3 rings (SSSR count). The van der Waals surface area contributed by atoms with E-state index in [2.05, 4.69) is 17.2 Å². The van der Waals surface area contributed by atoms with Gasteiger partial charge in [0.1, 0.15) is 5.82 Å². The SMILES string of the molecule is CCCNC(c1ccc(F)cn1)C1CCOC2(CCC2)C1. The maximum atomic E-state index is 13.1. The lowest BCUT2D eigenvalue weighted by molar-refractivity contribution is -0.147. The minimum atomic E-state index is -0.268. The van der Waals surface area contributed by atoms with Crippen molar-refractivity contribution >= 4 is 0 Å². The summed E-state index contributed by atoms with van der Waals surface area (Å²) >= 11 is 0. The van der Waals surface area contributed by atoms with Crippen LogP contribution in [0.3, 0.4) is 0 Å². The van der Waals surface area contributed by atoms with Crippen LogP contribution in [0.25, 0.3) is 0 Å². The van der Waals surface area contributed by atoms with E-state index >= 15 is 0 Å². The van der Waals surface area contributed by atoms with E-state index in [0.717, 1.165) is 38.1 Å². The highest BCUT2D eigenvalue weighted by Crippen LogP contribution is 2.46. The van der Waals surface area contributed by atoms with Gasteiger partial charge in [0.25, 0.3) is 0 Å². The summed E-state index contributed by atoms with van der Waals surface area (Å²) in [5.41, 5.74) is 1.10. The van der Waals surface area contributed by atoms with Gasteiger partial charge in [-0.25, -0.2) is 4.39 Å². The zero-order valence-corrected chi connectivity index (χ0v) is 12.8. The molecule has 2 atom stereocenters. The fourth-order valence-corrected chi connectivity index (χ4v) is 3.65. The quantitative estimate of drug-likeness (QED) is 0.900. The van der Waals surface area contributed by atoms with Crippen LogP contribution in [0.4, 0.5) is 4.39 Å². The van der Waals surface area contributed by atoms with Crippen molar-refractivity contribution in [2.45, 2.75) is 57.1 Å². The van der Waals surface area contributed by atoms with Crippen LogP contribution in [0, 0.1) is 11.7 Å². The average molecular weight is 292 g/mol. The molecule has 0 amide bonds. The van der Waals surface area contributed by atoms with Gasteiger partial charge in [-0.15, -0.1) is 0 Å². The van der Waals surface area contributed by atoms with Gasteiger partial charge in [-0.2, -0.15) is 0 Å². The first kappa shape index (κ1) is 14.9. The lowest BCUT2D eigenvalue weighted by Crippen LogP contribution is -2.48. The molecule has 1 N–H and O–H groups in total. The maximum absolute atomic E-state index is 13.1. The molecule has 2 heterocycles. The molecule has 1 spiro atoms. The summed E-state index contributed by atoms with van der Waals surface area (Å²) in [5, 5.41) is 3.62. The summed E-state index contributed by atoms with van der Waals surface area (Å²) in [4.78, 5) is 4.32. The zero-order valence-electron chi connectivity index (χ0n) is 12.8. The molecule has 1 saturated heterocycles. The number of halogens is 1. The Labute approximate surface area is 126 Å². The van der Waals surface area contributed by atoms with Crippen molar-refractivity contribution in [1.82, 2.24) is 10.3 Å². The maximum Gasteiger partial charge on any atom is 0.141 e. The lowest BCUT2D eigenvalue weighted by Gasteiger charge is -2.48. The van der Waals surface area contributed by atoms with Crippen molar-refractivity contribution in [3.63, 3.8) is 0 Å². The van der Waals surface area contributed by atoms with Crippen molar-refractivity contribution in [3.05, 3.63) is 29.8 Å².